The Morgan fingerprint density at radius 2 is 2.03 bits per heavy atom. The zero-order valence-corrected chi connectivity index (χ0v) is 18.5. The molecule has 2 aliphatic rings. The topological polar surface area (TPSA) is 86.5 Å². The van der Waals surface area contributed by atoms with Crippen molar-refractivity contribution in [3.63, 3.8) is 0 Å². The quantitative estimate of drug-likeness (QED) is 0.619. The highest BCUT2D eigenvalue weighted by molar-refractivity contribution is 5.85. The minimum absolute atomic E-state index is 0.0495. The maximum absolute atomic E-state index is 13.4. The van der Waals surface area contributed by atoms with Crippen LogP contribution in [0, 0.1) is 12.8 Å². The van der Waals surface area contributed by atoms with Crippen molar-refractivity contribution in [2.45, 2.75) is 64.3 Å². The number of hydrogen-bond donors (Lipinski definition) is 2. The van der Waals surface area contributed by atoms with Gasteiger partial charge >= 0.3 is 0 Å². The number of fused-ring (bicyclic) bond motifs is 3. The molecule has 6 nitrogen and oxygen atoms in total. The molecule has 3 heterocycles. The number of carbonyl (C=O) groups excluding carboxylic acids is 1. The lowest BCUT2D eigenvalue weighted by atomic mass is 9.76. The molecule has 0 spiro atoms. The molecule has 1 saturated carbocycles. The number of carbonyl (C=O) groups is 1. The van der Waals surface area contributed by atoms with Crippen LogP contribution in [0.2, 0.25) is 0 Å². The van der Waals surface area contributed by atoms with Gasteiger partial charge < -0.3 is 19.4 Å². The molecule has 1 fully saturated rings. The van der Waals surface area contributed by atoms with Gasteiger partial charge in [0.1, 0.15) is 5.76 Å². The fourth-order valence-corrected chi connectivity index (χ4v) is 5.61. The molecule has 0 unspecified atom stereocenters. The van der Waals surface area contributed by atoms with Crippen molar-refractivity contribution in [3.8, 4) is 5.75 Å². The molecule has 1 aliphatic heterocycles. The smallest absolute Gasteiger partial charge is 0.227 e. The van der Waals surface area contributed by atoms with E-state index in [1.54, 1.807) is 6.92 Å². The summed E-state index contributed by atoms with van der Waals surface area (Å²) in [4.78, 5) is 31.1. The second kappa shape index (κ2) is 8.49. The van der Waals surface area contributed by atoms with Crippen molar-refractivity contribution in [2.75, 3.05) is 6.54 Å². The summed E-state index contributed by atoms with van der Waals surface area (Å²) in [6, 6.07) is 9.57. The van der Waals surface area contributed by atoms with Gasteiger partial charge in [-0.15, -0.1) is 0 Å². The number of aromatic amines is 1. The standard InChI is InChI=1S/C26H30N2O4/c1-16-13-23(29)25(31)26(32-16)20(17-7-3-2-4-8-17)14-24(30)28-12-11-19-18-9-5-6-10-21(18)27-22(19)15-28/h5-6,9-10,13,17,20,27,31H,2-4,7-8,11-12,14-15H2,1H3/t20-/m1/s1. The van der Waals surface area contributed by atoms with Crippen LogP contribution in [0.3, 0.4) is 0 Å². The predicted octanol–water partition coefficient (Wildman–Crippen LogP) is 4.77. The zero-order valence-electron chi connectivity index (χ0n) is 18.5. The maximum atomic E-state index is 13.4. The maximum Gasteiger partial charge on any atom is 0.227 e. The molecule has 32 heavy (non-hydrogen) atoms. The van der Waals surface area contributed by atoms with Gasteiger partial charge in [-0.25, -0.2) is 0 Å². The summed E-state index contributed by atoms with van der Waals surface area (Å²) >= 11 is 0. The molecule has 0 radical (unpaired) electrons. The van der Waals surface area contributed by atoms with Crippen molar-refractivity contribution >= 4 is 16.8 Å². The Bertz CT molecular complexity index is 1200. The van der Waals surface area contributed by atoms with E-state index < -0.39 is 5.43 Å². The van der Waals surface area contributed by atoms with Crippen LogP contribution in [0.4, 0.5) is 0 Å². The van der Waals surface area contributed by atoms with Crippen LogP contribution in [0.1, 0.15) is 67.2 Å². The van der Waals surface area contributed by atoms with Gasteiger partial charge in [0.25, 0.3) is 0 Å². The van der Waals surface area contributed by atoms with Crippen molar-refractivity contribution < 1.29 is 14.3 Å². The molecule has 2 N–H and O–H groups in total. The Balaban J connectivity index is 1.41. The summed E-state index contributed by atoms with van der Waals surface area (Å²) in [7, 11) is 0. The molecule has 1 atom stereocenters. The van der Waals surface area contributed by atoms with Gasteiger partial charge in [0, 0.05) is 41.5 Å². The summed E-state index contributed by atoms with van der Waals surface area (Å²) in [5.41, 5.74) is 3.08. The Hall–Kier alpha value is -3.02. The Kier molecular flexibility index (Phi) is 5.53. The second-order valence-electron chi connectivity index (χ2n) is 9.34. The molecule has 5 rings (SSSR count). The molecule has 3 aromatic rings. The second-order valence-corrected chi connectivity index (χ2v) is 9.34. The summed E-state index contributed by atoms with van der Waals surface area (Å²) < 4.78 is 5.86. The fourth-order valence-electron chi connectivity index (χ4n) is 5.61. The number of aromatic nitrogens is 1. The number of para-hydroxylation sites is 1. The van der Waals surface area contributed by atoms with Crippen LogP contribution < -0.4 is 5.43 Å². The van der Waals surface area contributed by atoms with E-state index >= 15 is 0 Å². The summed E-state index contributed by atoms with van der Waals surface area (Å²) in [6.07, 6.45) is 6.45. The summed E-state index contributed by atoms with van der Waals surface area (Å²) in [5.74, 6) is 0.427. The minimum atomic E-state index is -0.433. The Morgan fingerprint density at radius 3 is 2.84 bits per heavy atom. The van der Waals surface area contributed by atoms with Crippen LogP contribution in [-0.2, 0) is 17.8 Å². The average molecular weight is 435 g/mol. The molecule has 168 valence electrons. The van der Waals surface area contributed by atoms with Crippen LogP contribution in [0.25, 0.3) is 10.9 Å². The van der Waals surface area contributed by atoms with Gasteiger partial charge in [-0.2, -0.15) is 0 Å². The van der Waals surface area contributed by atoms with E-state index in [-0.39, 0.29) is 29.9 Å². The normalized spacial score (nSPS) is 18.0. The van der Waals surface area contributed by atoms with E-state index in [1.807, 2.05) is 17.0 Å². The molecule has 1 amide bonds. The van der Waals surface area contributed by atoms with Crippen molar-refractivity contribution in [1.29, 1.82) is 0 Å². The predicted molar refractivity (Wildman–Crippen MR) is 123 cm³/mol. The first-order valence-electron chi connectivity index (χ1n) is 11.7. The van der Waals surface area contributed by atoms with Gasteiger partial charge in [0.15, 0.2) is 5.76 Å². The third-order valence-corrected chi connectivity index (χ3v) is 7.26. The van der Waals surface area contributed by atoms with Gasteiger partial charge in [-0.3, -0.25) is 9.59 Å². The minimum Gasteiger partial charge on any atom is -0.502 e. The number of rotatable bonds is 4. The van der Waals surface area contributed by atoms with Crippen LogP contribution in [0.15, 0.2) is 39.5 Å². The highest BCUT2D eigenvalue weighted by atomic mass is 16.4. The van der Waals surface area contributed by atoms with Crippen molar-refractivity contribution in [2.24, 2.45) is 5.92 Å². The molecule has 6 heteroatoms. The van der Waals surface area contributed by atoms with E-state index in [0.29, 0.717) is 24.6 Å². The van der Waals surface area contributed by atoms with Gasteiger partial charge in [0.05, 0.1) is 6.54 Å². The first kappa shape index (κ1) is 20.9. The summed E-state index contributed by atoms with van der Waals surface area (Å²) in [5, 5.41) is 11.8. The van der Waals surface area contributed by atoms with E-state index in [2.05, 4.69) is 17.1 Å². The van der Waals surface area contributed by atoms with Crippen LogP contribution >= 0.6 is 0 Å². The lowest BCUT2D eigenvalue weighted by molar-refractivity contribution is -0.133. The number of aromatic hydroxyl groups is 1. The molecule has 0 bridgehead atoms. The number of hydrogen-bond acceptors (Lipinski definition) is 4. The average Bonchev–Trinajstić information content (AvgIpc) is 3.18. The Morgan fingerprint density at radius 1 is 1.25 bits per heavy atom. The van der Waals surface area contributed by atoms with Crippen molar-refractivity contribution in [1.82, 2.24) is 9.88 Å². The first-order valence-corrected chi connectivity index (χ1v) is 11.7. The zero-order chi connectivity index (χ0) is 22.2. The molecule has 1 aromatic carbocycles. The van der Waals surface area contributed by atoms with Crippen molar-refractivity contribution in [3.05, 3.63) is 63.3 Å². The number of amides is 1. The lowest BCUT2D eigenvalue weighted by Crippen LogP contribution is -2.37. The van der Waals surface area contributed by atoms with Crippen LogP contribution in [0.5, 0.6) is 5.75 Å². The lowest BCUT2D eigenvalue weighted by Gasteiger charge is -2.33. The van der Waals surface area contributed by atoms with Gasteiger partial charge in [-0.1, -0.05) is 37.5 Å². The Labute approximate surface area is 187 Å². The van der Waals surface area contributed by atoms with Crippen LogP contribution in [-0.4, -0.2) is 27.4 Å². The van der Waals surface area contributed by atoms with E-state index in [4.69, 9.17) is 4.42 Å². The molecule has 2 aromatic heterocycles. The first-order chi connectivity index (χ1) is 15.5. The highest BCUT2D eigenvalue weighted by Crippen LogP contribution is 2.41. The number of nitrogens with zero attached hydrogens (tertiary/aromatic N) is 1. The monoisotopic (exact) mass is 434 g/mol. The SMILES string of the molecule is Cc1cc(=O)c(O)c([C@H](CC(=O)N2CCc3c([nH]c4ccccc34)C2)C2CCCCC2)o1. The van der Waals surface area contributed by atoms with E-state index in [9.17, 15) is 14.7 Å². The fraction of sp³-hybridized carbons (Fsp3) is 0.462. The number of benzene rings is 1. The number of aryl methyl sites for hydroxylation is 1. The van der Waals surface area contributed by atoms with Gasteiger partial charge in [0.2, 0.25) is 17.1 Å². The highest BCUT2D eigenvalue weighted by Gasteiger charge is 2.34. The third kappa shape index (κ3) is 3.83. The molecule has 0 saturated heterocycles. The third-order valence-electron chi connectivity index (χ3n) is 7.26. The number of nitrogens with one attached hydrogen (secondary N) is 1. The molecule has 1 aliphatic carbocycles. The van der Waals surface area contributed by atoms with E-state index in [0.717, 1.165) is 43.3 Å². The number of H-pyrrole nitrogens is 1. The van der Waals surface area contributed by atoms with Gasteiger partial charge in [-0.05, 0) is 43.7 Å². The largest absolute Gasteiger partial charge is 0.502 e. The molecular weight excluding hydrogens is 404 g/mol. The summed E-state index contributed by atoms with van der Waals surface area (Å²) in [6.45, 7) is 2.95. The van der Waals surface area contributed by atoms with E-state index in [1.165, 1.54) is 23.4 Å². The molecular formula is C26H30N2O4.